The summed E-state index contributed by atoms with van der Waals surface area (Å²) in [6.45, 7) is 8.61. The molecule has 104 valence electrons. The summed E-state index contributed by atoms with van der Waals surface area (Å²) in [6.07, 6.45) is 2.50. The van der Waals surface area contributed by atoms with E-state index in [1.54, 1.807) is 0 Å². The first-order valence-corrected chi connectivity index (χ1v) is 6.86. The number of carbonyl (C=O) groups excluding carboxylic acids is 2. The van der Waals surface area contributed by atoms with Gasteiger partial charge in [0.25, 0.3) is 0 Å². The van der Waals surface area contributed by atoms with Crippen LogP contribution in [0.25, 0.3) is 0 Å². The Morgan fingerprint density at radius 1 is 1.17 bits per heavy atom. The van der Waals surface area contributed by atoms with Gasteiger partial charge in [-0.2, -0.15) is 0 Å². The highest BCUT2D eigenvalue weighted by Gasteiger charge is 2.25. The average Bonchev–Trinajstić information content (AvgIpc) is 2.39. The van der Waals surface area contributed by atoms with Crippen LogP contribution in [-0.2, 0) is 14.3 Å². The van der Waals surface area contributed by atoms with E-state index in [9.17, 15) is 9.59 Å². The van der Waals surface area contributed by atoms with Crippen molar-refractivity contribution >= 4 is 11.7 Å². The lowest BCUT2D eigenvalue weighted by atomic mass is 9.83. The zero-order valence-corrected chi connectivity index (χ0v) is 11.8. The van der Waals surface area contributed by atoms with Crippen LogP contribution < -0.4 is 0 Å². The van der Waals surface area contributed by atoms with E-state index in [4.69, 9.17) is 4.74 Å². The van der Waals surface area contributed by atoms with Gasteiger partial charge in [-0.25, -0.2) is 0 Å². The van der Waals surface area contributed by atoms with E-state index in [0.717, 1.165) is 6.42 Å². The molecule has 18 heavy (non-hydrogen) atoms. The summed E-state index contributed by atoms with van der Waals surface area (Å²) in [5.41, 5.74) is -0.248. The number of ketones is 1. The SMILES string of the molecule is CCC(C)(C)C(=O)CCCC(=O)N1CCOCC1. The predicted octanol–water partition coefficient (Wildman–Crippen LogP) is 2.02. The van der Waals surface area contributed by atoms with E-state index in [0.29, 0.717) is 45.6 Å². The van der Waals surface area contributed by atoms with Crippen LogP contribution in [0.4, 0.5) is 0 Å². The molecule has 0 aliphatic carbocycles. The van der Waals surface area contributed by atoms with Crippen molar-refractivity contribution in [1.29, 1.82) is 0 Å². The van der Waals surface area contributed by atoms with Crippen LogP contribution in [0, 0.1) is 5.41 Å². The van der Waals surface area contributed by atoms with E-state index in [-0.39, 0.29) is 17.1 Å². The average molecular weight is 255 g/mol. The number of Topliss-reactive ketones (excluding diaryl/α,β-unsaturated/α-hetero) is 1. The molecule has 1 rings (SSSR count). The molecule has 0 bridgehead atoms. The molecule has 1 amide bonds. The maximum Gasteiger partial charge on any atom is 0.222 e. The van der Waals surface area contributed by atoms with Gasteiger partial charge in [0, 0.05) is 31.3 Å². The van der Waals surface area contributed by atoms with Gasteiger partial charge in [-0.3, -0.25) is 9.59 Å². The number of rotatable bonds is 6. The Bertz CT molecular complexity index is 293. The monoisotopic (exact) mass is 255 g/mol. The molecular weight excluding hydrogens is 230 g/mol. The van der Waals surface area contributed by atoms with Crippen LogP contribution in [-0.4, -0.2) is 42.9 Å². The van der Waals surface area contributed by atoms with Crippen molar-refractivity contribution in [3.8, 4) is 0 Å². The summed E-state index contributed by atoms with van der Waals surface area (Å²) >= 11 is 0. The number of morpholine rings is 1. The van der Waals surface area contributed by atoms with Crippen molar-refractivity contribution in [3.05, 3.63) is 0 Å². The lowest BCUT2D eigenvalue weighted by Gasteiger charge is -2.27. The van der Waals surface area contributed by atoms with Gasteiger partial charge in [0.15, 0.2) is 0 Å². The Morgan fingerprint density at radius 2 is 1.78 bits per heavy atom. The molecule has 1 fully saturated rings. The van der Waals surface area contributed by atoms with E-state index < -0.39 is 0 Å². The van der Waals surface area contributed by atoms with Gasteiger partial charge < -0.3 is 9.64 Å². The van der Waals surface area contributed by atoms with Crippen molar-refractivity contribution < 1.29 is 14.3 Å². The molecule has 0 saturated carbocycles. The number of nitrogens with zero attached hydrogens (tertiary/aromatic N) is 1. The maximum atomic E-state index is 11.9. The Kier molecular flexibility index (Phi) is 5.79. The molecule has 0 aromatic heterocycles. The minimum Gasteiger partial charge on any atom is -0.378 e. The van der Waals surface area contributed by atoms with Crippen LogP contribution >= 0.6 is 0 Å². The van der Waals surface area contributed by atoms with Gasteiger partial charge in [-0.15, -0.1) is 0 Å². The van der Waals surface area contributed by atoms with Gasteiger partial charge >= 0.3 is 0 Å². The van der Waals surface area contributed by atoms with E-state index >= 15 is 0 Å². The molecule has 0 radical (unpaired) electrons. The molecule has 1 aliphatic heterocycles. The topological polar surface area (TPSA) is 46.6 Å². The molecule has 1 saturated heterocycles. The molecule has 0 N–H and O–H groups in total. The lowest BCUT2D eigenvalue weighted by molar-refractivity contribution is -0.135. The molecule has 4 nitrogen and oxygen atoms in total. The van der Waals surface area contributed by atoms with Gasteiger partial charge in [0.1, 0.15) is 5.78 Å². The first-order valence-electron chi connectivity index (χ1n) is 6.86. The van der Waals surface area contributed by atoms with Crippen LogP contribution in [0.2, 0.25) is 0 Å². The minimum absolute atomic E-state index is 0.153. The maximum absolute atomic E-state index is 11.9. The van der Waals surface area contributed by atoms with Crippen LogP contribution in [0.15, 0.2) is 0 Å². The third-order valence-electron chi connectivity index (χ3n) is 3.80. The highest BCUT2D eigenvalue weighted by atomic mass is 16.5. The second-order valence-corrected chi connectivity index (χ2v) is 5.51. The lowest BCUT2D eigenvalue weighted by Crippen LogP contribution is -2.40. The Balaban J connectivity index is 2.24. The van der Waals surface area contributed by atoms with Crippen LogP contribution in [0.1, 0.15) is 46.5 Å². The van der Waals surface area contributed by atoms with Crippen molar-refractivity contribution in [2.75, 3.05) is 26.3 Å². The summed E-state index contributed by atoms with van der Waals surface area (Å²) in [5, 5.41) is 0. The molecule has 1 heterocycles. The molecule has 0 aromatic carbocycles. The largest absolute Gasteiger partial charge is 0.378 e. The molecule has 1 aliphatic rings. The fourth-order valence-corrected chi connectivity index (χ4v) is 1.91. The zero-order valence-electron chi connectivity index (χ0n) is 11.8. The van der Waals surface area contributed by atoms with Gasteiger partial charge in [-0.05, 0) is 12.8 Å². The Morgan fingerprint density at radius 3 is 2.33 bits per heavy atom. The summed E-state index contributed by atoms with van der Waals surface area (Å²) in [6, 6.07) is 0. The second-order valence-electron chi connectivity index (χ2n) is 5.51. The number of hydrogen-bond acceptors (Lipinski definition) is 3. The third-order valence-corrected chi connectivity index (χ3v) is 3.80. The predicted molar refractivity (Wildman–Crippen MR) is 70.3 cm³/mol. The first-order chi connectivity index (χ1) is 8.47. The van der Waals surface area contributed by atoms with Gasteiger partial charge in [-0.1, -0.05) is 20.8 Å². The molecule has 0 spiro atoms. The zero-order chi connectivity index (χ0) is 13.6. The van der Waals surface area contributed by atoms with E-state index in [2.05, 4.69) is 0 Å². The van der Waals surface area contributed by atoms with Crippen LogP contribution in [0.3, 0.4) is 0 Å². The van der Waals surface area contributed by atoms with E-state index in [1.807, 2.05) is 25.7 Å². The molecule has 4 heteroatoms. The fraction of sp³-hybridized carbons (Fsp3) is 0.857. The minimum atomic E-state index is -0.248. The second kappa shape index (κ2) is 6.88. The van der Waals surface area contributed by atoms with E-state index in [1.165, 1.54) is 0 Å². The quantitative estimate of drug-likeness (QED) is 0.729. The number of amides is 1. The number of hydrogen-bond donors (Lipinski definition) is 0. The van der Waals surface area contributed by atoms with Crippen molar-refractivity contribution in [2.45, 2.75) is 46.5 Å². The summed E-state index contributed by atoms with van der Waals surface area (Å²) in [4.78, 5) is 25.6. The molecule has 0 atom stereocenters. The molecule has 0 unspecified atom stereocenters. The highest BCUT2D eigenvalue weighted by Crippen LogP contribution is 2.23. The van der Waals surface area contributed by atoms with Crippen molar-refractivity contribution in [2.24, 2.45) is 5.41 Å². The third kappa shape index (κ3) is 4.41. The van der Waals surface area contributed by atoms with Crippen molar-refractivity contribution in [3.63, 3.8) is 0 Å². The standard InChI is InChI=1S/C14H25NO3/c1-4-14(2,3)12(16)6-5-7-13(17)15-8-10-18-11-9-15/h4-11H2,1-3H3. The Labute approximate surface area is 110 Å². The Hall–Kier alpha value is -0.900. The summed E-state index contributed by atoms with van der Waals surface area (Å²) in [7, 11) is 0. The molecular formula is C14H25NO3. The smallest absolute Gasteiger partial charge is 0.222 e. The fourth-order valence-electron chi connectivity index (χ4n) is 1.91. The van der Waals surface area contributed by atoms with Crippen LogP contribution in [0.5, 0.6) is 0 Å². The van der Waals surface area contributed by atoms with Gasteiger partial charge in [0.2, 0.25) is 5.91 Å². The van der Waals surface area contributed by atoms with Crippen molar-refractivity contribution in [1.82, 2.24) is 4.90 Å². The summed E-state index contributed by atoms with van der Waals surface area (Å²) in [5.74, 6) is 0.417. The number of ether oxygens (including phenoxy) is 1. The first kappa shape index (κ1) is 15.2. The normalized spacial score (nSPS) is 16.7. The van der Waals surface area contributed by atoms with Gasteiger partial charge in [0.05, 0.1) is 13.2 Å². The summed E-state index contributed by atoms with van der Waals surface area (Å²) < 4.78 is 5.20. The highest BCUT2D eigenvalue weighted by molar-refractivity contribution is 5.84. The molecule has 0 aromatic rings. The number of carbonyl (C=O) groups is 2.